The number of esters is 1. The predicted octanol–water partition coefficient (Wildman–Crippen LogP) is -0.393. The molecule has 0 aliphatic carbocycles. The highest BCUT2D eigenvalue weighted by Crippen LogP contribution is 2.01. The summed E-state index contributed by atoms with van der Waals surface area (Å²) in [6, 6.07) is 4.51. The SMILES string of the molecule is COC(=O)c1cccc(C(=O)NCCOCCO)n1. The van der Waals surface area contributed by atoms with Gasteiger partial charge >= 0.3 is 5.97 Å². The highest BCUT2D eigenvalue weighted by atomic mass is 16.5. The highest BCUT2D eigenvalue weighted by molar-refractivity contribution is 5.94. The standard InChI is InChI=1S/C12H16N2O5/c1-18-12(17)10-4-2-3-9(14-10)11(16)13-5-7-19-8-6-15/h2-4,15H,5-8H2,1H3,(H,13,16). The number of aromatic nitrogens is 1. The Morgan fingerprint density at radius 2 is 2.05 bits per heavy atom. The maximum atomic E-state index is 11.7. The van der Waals surface area contributed by atoms with Crippen LogP contribution in [0.3, 0.4) is 0 Å². The van der Waals surface area contributed by atoms with Crippen LogP contribution in [0.25, 0.3) is 0 Å². The highest BCUT2D eigenvalue weighted by Gasteiger charge is 2.11. The van der Waals surface area contributed by atoms with Crippen LogP contribution < -0.4 is 5.32 Å². The molecule has 0 saturated heterocycles. The first-order valence-electron chi connectivity index (χ1n) is 5.71. The molecule has 0 bridgehead atoms. The van der Waals surface area contributed by atoms with E-state index in [9.17, 15) is 9.59 Å². The monoisotopic (exact) mass is 268 g/mol. The van der Waals surface area contributed by atoms with Gasteiger partial charge in [-0.1, -0.05) is 6.07 Å². The number of carbonyl (C=O) groups is 2. The minimum absolute atomic E-state index is 0.0589. The van der Waals surface area contributed by atoms with Crippen molar-refractivity contribution in [1.82, 2.24) is 10.3 Å². The summed E-state index contributed by atoms with van der Waals surface area (Å²) in [5.41, 5.74) is 0.205. The van der Waals surface area contributed by atoms with E-state index < -0.39 is 11.9 Å². The van der Waals surface area contributed by atoms with Crippen molar-refractivity contribution in [3.05, 3.63) is 29.6 Å². The zero-order valence-corrected chi connectivity index (χ0v) is 10.6. The summed E-state index contributed by atoms with van der Waals surface area (Å²) in [6.45, 7) is 0.759. The Bertz CT molecular complexity index is 436. The molecule has 1 rings (SSSR count). The van der Waals surface area contributed by atoms with E-state index in [0.717, 1.165) is 0 Å². The molecule has 1 amide bonds. The third-order valence-corrected chi connectivity index (χ3v) is 2.14. The quantitative estimate of drug-likeness (QED) is 0.516. The minimum atomic E-state index is -0.596. The Balaban J connectivity index is 2.50. The number of pyridine rings is 1. The summed E-state index contributed by atoms with van der Waals surface area (Å²) < 4.78 is 9.51. The molecule has 0 aliphatic rings. The molecular weight excluding hydrogens is 252 g/mol. The Kier molecular flexibility index (Phi) is 6.48. The van der Waals surface area contributed by atoms with Gasteiger partial charge in [-0.05, 0) is 12.1 Å². The zero-order valence-electron chi connectivity index (χ0n) is 10.6. The largest absolute Gasteiger partial charge is 0.464 e. The number of hydrogen-bond donors (Lipinski definition) is 2. The van der Waals surface area contributed by atoms with Crippen molar-refractivity contribution in [2.45, 2.75) is 0 Å². The molecule has 1 heterocycles. The second-order valence-corrected chi connectivity index (χ2v) is 3.49. The van der Waals surface area contributed by atoms with Crippen molar-refractivity contribution >= 4 is 11.9 Å². The second-order valence-electron chi connectivity index (χ2n) is 3.49. The van der Waals surface area contributed by atoms with E-state index in [-0.39, 0.29) is 24.6 Å². The fourth-order valence-corrected chi connectivity index (χ4v) is 1.27. The lowest BCUT2D eigenvalue weighted by molar-refractivity contribution is 0.0594. The first kappa shape index (κ1) is 15.1. The van der Waals surface area contributed by atoms with Gasteiger partial charge in [0.2, 0.25) is 0 Å². The van der Waals surface area contributed by atoms with Gasteiger partial charge in [-0.2, -0.15) is 0 Å². The second kappa shape index (κ2) is 8.17. The molecule has 2 N–H and O–H groups in total. The van der Waals surface area contributed by atoms with E-state index in [1.165, 1.54) is 19.2 Å². The average Bonchev–Trinajstić information content (AvgIpc) is 2.46. The van der Waals surface area contributed by atoms with Crippen LogP contribution in [-0.4, -0.2) is 55.4 Å². The Hall–Kier alpha value is -1.99. The van der Waals surface area contributed by atoms with Crippen LogP contribution in [0.15, 0.2) is 18.2 Å². The van der Waals surface area contributed by atoms with E-state index >= 15 is 0 Å². The number of hydrogen-bond acceptors (Lipinski definition) is 6. The smallest absolute Gasteiger partial charge is 0.356 e. The lowest BCUT2D eigenvalue weighted by atomic mass is 10.3. The van der Waals surface area contributed by atoms with Crippen LogP contribution in [0.2, 0.25) is 0 Å². The van der Waals surface area contributed by atoms with E-state index in [4.69, 9.17) is 9.84 Å². The number of rotatable bonds is 7. The molecule has 0 spiro atoms. The van der Waals surface area contributed by atoms with Gasteiger partial charge in [-0.3, -0.25) is 4.79 Å². The Morgan fingerprint density at radius 3 is 2.74 bits per heavy atom. The molecule has 104 valence electrons. The summed E-state index contributed by atoms with van der Waals surface area (Å²) in [4.78, 5) is 26.9. The third kappa shape index (κ3) is 5.02. The maximum Gasteiger partial charge on any atom is 0.356 e. The van der Waals surface area contributed by atoms with Crippen molar-refractivity contribution < 1.29 is 24.2 Å². The fourth-order valence-electron chi connectivity index (χ4n) is 1.27. The minimum Gasteiger partial charge on any atom is -0.464 e. The van der Waals surface area contributed by atoms with Gasteiger partial charge < -0.3 is 19.9 Å². The summed E-state index contributed by atoms with van der Waals surface area (Å²) in [6.07, 6.45) is 0. The molecule has 7 heteroatoms. The molecule has 0 fully saturated rings. The number of aliphatic hydroxyl groups is 1. The molecule has 0 aromatic carbocycles. The molecule has 1 aromatic rings. The number of aliphatic hydroxyl groups excluding tert-OH is 1. The number of nitrogens with one attached hydrogen (secondary N) is 1. The molecule has 0 unspecified atom stereocenters. The normalized spacial score (nSPS) is 10.0. The third-order valence-electron chi connectivity index (χ3n) is 2.14. The van der Waals surface area contributed by atoms with Crippen LogP contribution >= 0.6 is 0 Å². The maximum absolute atomic E-state index is 11.7. The van der Waals surface area contributed by atoms with E-state index in [2.05, 4.69) is 15.0 Å². The van der Waals surface area contributed by atoms with Crippen LogP contribution in [-0.2, 0) is 9.47 Å². The average molecular weight is 268 g/mol. The molecule has 0 atom stereocenters. The molecule has 0 saturated carbocycles. The first-order chi connectivity index (χ1) is 9.19. The molecule has 7 nitrogen and oxygen atoms in total. The van der Waals surface area contributed by atoms with Crippen molar-refractivity contribution in [3.63, 3.8) is 0 Å². The van der Waals surface area contributed by atoms with Gasteiger partial charge in [0.1, 0.15) is 11.4 Å². The molecule has 0 radical (unpaired) electrons. The van der Waals surface area contributed by atoms with Crippen LogP contribution in [0.1, 0.15) is 21.0 Å². The summed E-state index contributed by atoms with van der Waals surface area (Å²) >= 11 is 0. The number of carbonyl (C=O) groups excluding carboxylic acids is 2. The molecule has 0 aliphatic heterocycles. The number of methoxy groups -OCH3 is 1. The lowest BCUT2D eigenvalue weighted by Crippen LogP contribution is -2.28. The Morgan fingerprint density at radius 1 is 1.32 bits per heavy atom. The number of ether oxygens (including phenoxy) is 2. The van der Waals surface area contributed by atoms with Crippen LogP contribution in [0.5, 0.6) is 0 Å². The number of nitrogens with zero attached hydrogens (tertiary/aromatic N) is 1. The van der Waals surface area contributed by atoms with Gasteiger partial charge in [0.15, 0.2) is 0 Å². The fraction of sp³-hybridized carbons (Fsp3) is 0.417. The van der Waals surface area contributed by atoms with Gasteiger partial charge in [0.05, 0.1) is 26.9 Å². The summed E-state index contributed by atoms with van der Waals surface area (Å²) in [5, 5.41) is 11.1. The van der Waals surface area contributed by atoms with E-state index in [0.29, 0.717) is 13.2 Å². The lowest BCUT2D eigenvalue weighted by Gasteiger charge is -2.06. The van der Waals surface area contributed by atoms with Crippen molar-refractivity contribution in [3.8, 4) is 0 Å². The molecular formula is C12H16N2O5. The zero-order chi connectivity index (χ0) is 14.1. The first-order valence-corrected chi connectivity index (χ1v) is 5.71. The van der Waals surface area contributed by atoms with Crippen LogP contribution in [0.4, 0.5) is 0 Å². The van der Waals surface area contributed by atoms with Gasteiger partial charge in [-0.25, -0.2) is 9.78 Å². The van der Waals surface area contributed by atoms with Gasteiger partial charge in [0, 0.05) is 6.54 Å². The molecule has 1 aromatic heterocycles. The van der Waals surface area contributed by atoms with Gasteiger partial charge in [-0.15, -0.1) is 0 Å². The van der Waals surface area contributed by atoms with Crippen molar-refractivity contribution in [1.29, 1.82) is 0 Å². The van der Waals surface area contributed by atoms with E-state index in [1.807, 2.05) is 0 Å². The topological polar surface area (TPSA) is 97.8 Å². The molecule has 19 heavy (non-hydrogen) atoms. The van der Waals surface area contributed by atoms with Crippen LogP contribution in [0, 0.1) is 0 Å². The summed E-state index contributed by atoms with van der Waals surface area (Å²) in [7, 11) is 1.25. The van der Waals surface area contributed by atoms with Crippen molar-refractivity contribution in [2.24, 2.45) is 0 Å². The number of amides is 1. The predicted molar refractivity (Wildman–Crippen MR) is 65.8 cm³/mol. The van der Waals surface area contributed by atoms with Crippen molar-refractivity contribution in [2.75, 3.05) is 33.5 Å². The van der Waals surface area contributed by atoms with E-state index in [1.54, 1.807) is 6.07 Å². The van der Waals surface area contributed by atoms with Gasteiger partial charge in [0.25, 0.3) is 5.91 Å². The summed E-state index contributed by atoms with van der Waals surface area (Å²) in [5.74, 6) is -1.00. The Labute approximate surface area is 110 Å².